The molecular weight excluding hydrogens is 310 g/mol. The quantitative estimate of drug-likeness (QED) is 0.767. The maximum absolute atomic E-state index is 11.5. The van der Waals surface area contributed by atoms with E-state index in [9.17, 15) is 4.79 Å². The second-order valence-electron chi connectivity index (χ2n) is 5.80. The SMILES string of the molecule is NC(=O)C1CCCN1Cc1ccc2c(c1)Nc1nccnc1S2. The highest BCUT2D eigenvalue weighted by molar-refractivity contribution is 7.99. The van der Waals surface area contributed by atoms with Crippen LogP contribution in [0, 0.1) is 0 Å². The van der Waals surface area contributed by atoms with Gasteiger partial charge in [0.25, 0.3) is 0 Å². The van der Waals surface area contributed by atoms with Crippen LogP contribution in [0.3, 0.4) is 0 Å². The maximum Gasteiger partial charge on any atom is 0.234 e. The number of nitrogens with zero attached hydrogens (tertiary/aromatic N) is 3. The molecule has 3 heterocycles. The van der Waals surface area contributed by atoms with Gasteiger partial charge in [-0.25, -0.2) is 9.97 Å². The second-order valence-corrected chi connectivity index (χ2v) is 6.83. The summed E-state index contributed by atoms with van der Waals surface area (Å²) in [7, 11) is 0. The van der Waals surface area contributed by atoms with Crippen molar-refractivity contribution in [2.24, 2.45) is 5.73 Å². The van der Waals surface area contributed by atoms with Crippen LogP contribution < -0.4 is 11.1 Å². The van der Waals surface area contributed by atoms with Gasteiger partial charge in [-0.1, -0.05) is 17.8 Å². The van der Waals surface area contributed by atoms with Crippen molar-refractivity contribution >= 4 is 29.2 Å². The van der Waals surface area contributed by atoms with Crippen molar-refractivity contribution in [1.82, 2.24) is 14.9 Å². The lowest BCUT2D eigenvalue weighted by Gasteiger charge is -2.23. The molecule has 1 fully saturated rings. The van der Waals surface area contributed by atoms with Crippen molar-refractivity contribution < 1.29 is 4.79 Å². The number of rotatable bonds is 3. The van der Waals surface area contributed by atoms with E-state index in [4.69, 9.17) is 5.73 Å². The van der Waals surface area contributed by atoms with Gasteiger partial charge in [0.05, 0.1) is 11.7 Å². The van der Waals surface area contributed by atoms with Crippen molar-refractivity contribution in [3.05, 3.63) is 36.2 Å². The number of likely N-dealkylation sites (tertiary alicyclic amines) is 1. The summed E-state index contributed by atoms with van der Waals surface area (Å²) in [5, 5.41) is 4.23. The van der Waals surface area contributed by atoms with Crippen molar-refractivity contribution in [3.8, 4) is 0 Å². The van der Waals surface area contributed by atoms with Gasteiger partial charge < -0.3 is 11.1 Å². The number of amides is 1. The number of nitrogens with two attached hydrogens (primary N) is 1. The number of hydrogen-bond acceptors (Lipinski definition) is 6. The molecule has 2 aliphatic rings. The number of nitrogens with one attached hydrogen (secondary N) is 1. The molecule has 2 aliphatic heterocycles. The summed E-state index contributed by atoms with van der Waals surface area (Å²) in [5.41, 5.74) is 7.70. The van der Waals surface area contributed by atoms with E-state index in [-0.39, 0.29) is 11.9 Å². The molecule has 1 unspecified atom stereocenters. The average Bonchev–Trinajstić information content (AvgIpc) is 3.01. The molecule has 0 radical (unpaired) electrons. The standard InChI is InChI=1S/C16H17N5OS/c17-14(22)12-2-1-7-21(12)9-10-3-4-13-11(8-10)20-15-16(23-13)19-6-5-18-15/h3-6,8,12H,1-2,7,9H2,(H2,17,22)(H,18,20). The van der Waals surface area contributed by atoms with Crippen LogP contribution in [0.4, 0.5) is 11.5 Å². The van der Waals surface area contributed by atoms with Gasteiger partial charge in [0.1, 0.15) is 5.03 Å². The van der Waals surface area contributed by atoms with Crippen LogP contribution in [0.5, 0.6) is 0 Å². The molecule has 1 amide bonds. The number of fused-ring (bicyclic) bond motifs is 2. The molecule has 0 bridgehead atoms. The maximum atomic E-state index is 11.5. The van der Waals surface area contributed by atoms with Gasteiger partial charge in [-0.15, -0.1) is 0 Å². The molecule has 1 atom stereocenters. The van der Waals surface area contributed by atoms with Gasteiger partial charge in [-0.2, -0.15) is 0 Å². The summed E-state index contributed by atoms with van der Waals surface area (Å²) < 4.78 is 0. The number of anilines is 2. The Bertz CT molecular complexity index is 766. The Morgan fingerprint density at radius 2 is 2.26 bits per heavy atom. The van der Waals surface area contributed by atoms with Crippen molar-refractivity contribution in [2.45, 2.75) is 35.3 Å². The van der Waals surface area contributed by atoms with Crippen LogP contribution in [0.15, 0.2) is 40.5 Å². The summed E-state index contributed by atoms with van der Waals surface area (Å²) in [6.07, 6.45) is 5.26. The minimum absolute atomic E-state index is 0.139. The number of aromatic nitrogens is 2. The Kier molecular flexibility index (Phi) is 3.66. The zero-order valence-electron chi connectivity index (χ0n) is 12.5. The Labute approximate surface area is 138 Å². The number of hydrogen-bond donors (Lipinski definition) is 2. The molecule has 0 aliphatic carbocycles. The zero-order chi connectivity index (χ0) is 15.8. The molecule has 3 N–H and O–H groups in total. The topological polar surface area (TPSA) is 84.1 Å². The summed E-state index contributed by atoms with van der Waals surface area (Å²) >= 11 is 1.62. The number of benzene rings is 1. The predicted octanol–water partition coefficient (Wildman–Crippen LogP) is 2.13. The first kappa shape index (κ1) is 14.5. The molecule has 0 spiro atoms. The fourth-order valence-corrected chi connectivity index (χ4v) is 4.03. The largest absolute Gasteiger partial charge is 0.368 e. The van der Waals surface area contributed by atoms with E-state index in [2.05, 4.69) is 38.4 Å². The third-order valence-corrected chi connectivity index (χ3v) is 5.31. The van der Waals surface area contributed by atoms with Crippen LogP contribution in [-0.4, -0.2) is 33.4 Å². The van der Waals surface area contributed by atoms with Gasteiger partial charge in [0.2, 0.25) is 5.91 Å². The fraction of sp³-hybridized carbons (Fsp3) is 0.312. The van der Waals surface area contributed by atoms with Gasteiger partial charge >= 0.3 is 0 Å². The van der Waals surface area contributed by atoms with E-state index >= 15 is 0 Å². The van der Waals surface area contributed by atoms with Gasteiger partial charge in [0.15, 0.2) is 5.82 Å². The minimum Gasteiger partial charge on any atom is -0.368 e. The number of primary amides is 1. The summed E-state index contributed by atoms with van der Waals surface area (Å²) in [6.45, 7) is 1.65. The molecule has 0 saturated carbocycles. The van der Waals surface area contributed by atoms with Crippen molar-refractivity contribution in [2.75, 3.05) is 11.9 Å². The molecule has 4 rings (SSSR count). The van der Waals surface area contributed by atoms with E-state index in [1.54, 1.807) is 24.2 Å². The Morgan fingerprint density at radius 1 is 1.39 bits per heavy atom. The van der Waals surface area contributed by atoms with E-state index in [1.165, 1.54) is 0 Å². The summed E-state index contributed by atoms with van der Waals surface area (Å²) in [5.74, 6) is 0.566. The zero-order valence-corrected chi connectivity index (χ0v) is 13.3. The molecule has 1 aromatic carbocycles. The van der Waals surface area contributed by atoms with Crippen LogP contribution in [0.25, 0.3) is 0 Å². The van der Waals surface area contributed by atoms with Crippen molar-refractivity contribution in [3.63, 3.8) is 0 Å². The van der Waals surface area contributed by atoms with Gasteiger partial charge in [-0.05, 0) is 37.1 Å². The third-order valence-electron chi connectivity index (χ3n) is 4.25. The normalized spacial score (nSPS) is 19.7. The molecule has 23 heavy (non-hydrogen) atoms. The van der Waals surface area contributed by atoms with Crippen LogP contribution >= 0.6 is 11.8 Å². The average molecular weight is 327 g/mol. The fourth-order valence-electron chi connectivity index (χ4n) is 3.15. The summed E-state index contributed by atoms with van der Waals surface area (Å²) in [6, 6.07) is 6.18. The molecule has 1 saturated heterocycles. The monoisotopic (exact) mass is 327 g/mol. The first-order chi connectivity index (χ1) is 11.2. The predicted molar refractivity (Wildman–Crippen MR) is 88.5 cm³/mol. The smallest absolute Gasteiger partial charge is 0.234 e. The van der Waals surface area contributed by atoms with E-state index in [1.807, 2.05) is 0 Å². The van der Waals surface area contributed by atoms with Crippen LogP contribution in [-0.2, 0) is 11.3 Å². The Hall–Kier alpha value is -2.12. The number of carbonyl (C=O) groups excluding carboxylic acids is 1. The first-order valence-electron chi connectivity index (χ1n) is 7.63. The lowest BCUT2D eigenvalue weighted by Crippen LogP contribution is -2.39. The lowest BCUT2D eigenvalue weighted by atomic mass is 10.1. The second kappa shape index (κ2) is 5.82. The molecule has 1 aromatic heterocycles. The van der Waals surface area contributed by atoms with Gasteiger partial charge in [0, 0.05) is 23.8 Å². The Balaban J connectivity index is 1.56. The Morgan fingerprint density at radius 3 is 3.13 bits per heavy atom. The molecular formula is C16H17N5OS. The molecule has 6 nitrogen and oxygen atoms in total. The van der Waals surface area contributed by atoms with Crippen LogP contribution in [0.1, 0.15) is 18.4 Å². The summed E-state index contributed by atoms with van der Waals surface area (Å²) in [4.78, 5) is 23.5. The lowest BCUT2D eigenvalue weighted by molar-refractivity contribution is -0.122. The molecule has 2 aromatic rings. The van der Waals surface area contributed by atoms with E-state index < -0.39 is 0 Å². The van der Waals surface area contributed by atoms with E-state index in [0.29, 0.717) is 0 Å². The minimum atomic E-state index is -0.224. The van der Waals surface area contributed by atoms with Crippen LogP contribution in [0.2, 0.25) is 0 Å². The molecule has 118 valence electrons. The molecule has 7 heteroatoms. The highest BCUT2D eigenvalue weighted by Crippen LogP contribution is 2.42. The first-order valence-corrected chi connectivity index (χ1v) is 8.44. The van der Waals surface area contributed by atoms with Crippen molar-refractivity contribution in [1.29, 1.82) is 0 Å². The highest BCUT2D eigenvalue weighted by Gasteiger charge is 2.29. The van der Waals surface area contributed by atoms with Gasteiger partial charge in [-0.3, -0.25) is 9.69 Å². The van der Waals surface area contributed by atoms with E-state index in [0.717, 1.165) is 52.9 Å². The highest BCUT2D eigenvalue weighted by atomic mass is 32.2. The number of carbonyl (C=O) groups is 1. The third kappa shape index (κ3) is 2.77.